The third-order valence-corrected chi connectivity index (χ3v) is 6.29. The molecule has 2 aromatic rings. The van der Waals surface area contributed by atoms with Gasteiger partial charge in [0.1, 0.15) is 11.8 Å². The predicted molar refractivity (Wildman–Crippen MR) is 130 cm³/mol. The van der Waals surface area contributed by atoms with Crippen LogP contribution in [0.3, 0.4) is 0 Å². The van der Waals surface area contributed by atoms with Crippen molar-refractivity contribution >= 4 is 29.3 Å². The Bertz CT molecular complexity index is 951. The van der Waals surface area contributed by atoms with Crippen LogP contribution in [0.5, 0.6) is 5.75 Å². The van der Waals surface area contributed by atoms with Gasteiger partial charge in [0.05, 0.1) is 17.8 Å². The lowest BCUT2D eigenvalue weighted by molar-refractivity contribution is -0.384. The first-order chi connectivity index (χ1) is 15.7. The fourth-order valence-corrected chi connectivity index (χ4v) is 3.94. The van der Waals surface area contributed by atoms with Crippen LogP contribution in [0.4, 0.5) is 5.69 Å². The summed E-state index contributed by atoms with van der Waals surface area (Å²) in [4.78, 5) is 37.8. The van der Waals surface area contributed by atoms with Crippen molar-refractivity contribution in [2.45, 2.75) is 51.6 Å². The lowest BCUT2D eigenvalue weighted by Crippen LogP contribution is -2.50. The van der Waals surface area contributed by atoms with Crippen molar-refractivity contribution in [2.75, 3.05) is 12.9 Å². The van der Waals surface area contributed by atoms with Crippen molar-refractivity contribution < 1.29 is 19.2 Å². The standard InChI is InChI=1S/C24H31N3O5S/c1-5-17(2)25-24(29)18(3)26(14-20-7-6-8-22(13-20)32-4)23(28)16-33-15-19-9-11-21(12-10-19)27(30)31/h6-13,17-18H,5,14-16H2,1-4H3,(H,25,29)/t17-,18+/m1/s1. The summed E-state index contributed by atoms with van der Waals surface area (Å²) in [6, 6.07) is 13.1. The maximum atomic E-state index is 13.1. The number of carbonyl (C=O) groups excluding carboxylic acids is 2. The Balaban J connectivity index is 2.08. The van der Waals surface area contributed by atoms with Gasteiger partial charge in [0.2, 0.25) is 11.8 Å². The number of nitrogens with zero attached hydrogens (tertiary/aromatic N) is 2. The van der Waals surface area contributed by atoms with E-state index >= 15 is 0 Å². The smallest absolute Gasteiger partial charge is 0.269 e. The molecule has 0 saturated carbocycles. The van der Waals surface area contributed by atoms with Gasteiger partial charge < -0.3 is 15.0 Å². The quantitative estimate of drug-likeness (QED) is 0.367. The second-order valence-corrected chi connectivity index (χ2v) is 8.77. The van der Waals surface area contributed by atoms with Crippen LogP contribution in [0.15, 0.2) is 48.5 Å². The summed E-state index contributed by atoms with van der Waals surface area (Å²) >= 11 is 1.41. The number of rotatable bonds is 12. The van der Waals surface area contributed by atoms with E-state index in [9.17, 15) is 19.7 Å². The number of carbonyl (C=O) groups is 2. The molecule has 0 aliphatic carbocycles. The molecule has 0 fully saturated rings. The number of benzene rings is 2. The minimum atomic E-state index is -0.641. The molecular weight excluding hydrogens is 442 g/mol. The summed E-state index contributed by atoms with van der Waals surface area (Å²) in [6.07, 6.45) is 0.799. The van der Waals surface area contributed by atoms with Crippen LogP contribution < -0.4 is 10.1 Å². The van der Waals surface area contributed by atoms with E-state index in [1.54, 1.807) is 31.1 Å². The Hall–Kier alpha value is -3.07. The van der Waals surface area contributed by atoms with Crippen LogP contribution in [0.1, 0.15) is 38.3 Å². The molecule has 0 spiro atoms. The van der Waals surface area contributed by atoms with Gasteiger partial charge in [-0.2, -0.15) is 0 Å². The molecule has 2 amide bonds. The normalized spacial score (nSPS) is 12.5. The first kappa shape index (κ1) is 26.2. The van der Waals surface area contributed by atoms with Gasteiger partial charge in [0, 0.05) is 30.5 Å². The topological polar surface area (TPSA) is 102 Å². The number of nitro benzene ring substituents is 1. The number of hydrogen-bond acceptors (Lipinski definition) is 6. The second kappa shape index (κ2) is 12.8. The van der Waals surface area contributed by atoms with Crippen LogP contribution in [-0.2, 0) is 21.9 Å². The minimum absolute atomic E-state index is 0.0187. The molecule has 1 N–H and O–H groups in total. The molecule has 33 heavy (non-hydrogen) atoms. The molecule has 2 atom stereocenters. The zero-order valence-electron chi connectivity index (χ0n) is 19.4. The first-order valence-corrected chi connectivity index (χ1v) is 11.9. The first-order valence-electron chi connectivity index (χ1n) is 10.8. The highest BCUT2D eigenvalue weighted by Gasteiger charge is 2.26. The number of non-ortho nitro benzene ring substituents is 1. The van der Waals surface area contributed by atoms with Crippen molar-refractivity contribution in [1.82, 2.24) is 10.2 Å². The van der Waals surface area contributed by atoms with Crippen molar-refractivity contribution in [3.05, 3.63) is 69.8 Å². The molecule has 0 bridgehead atoms. The molecule has 0 saturated heterocycles. The average molecular weight is 474 g/mol. The lowest BCUT2D eigenvalue weighted by Gasteiger charge is -2.29. The van der Waals surface area contributed by atoms with E-state index in [-0.39, 0.29) is 35.8 Å². The summed E-state index contributed by atoms with van der Waals surface area (Å²) in [6.45, 7) is 5.93. The Morgan fingerprint density at radius 2 is 1.85 bits per heavy atom. The van der Waals surface area contributed by atoms with Crippen LogP contribution >= 0.6 is 11.8 Å². The molecule has 0 aromatic heterocycles. The summed E-state index contributed by atoms with van der Waals surface area (Å²) in [5.41, 5.74) is 1.79. The van der Waals surface area contributed by atoms with Gasteiger partial charge in [-0.25, -0.2) is 0 Å². The van der Waals surface area contributed by atoms with Crippen molar-refractivity contribution in [1.29, 1.82) is 0 Å². The van der Waals surface area contributed by atoms with Gasteiger partial charge in [-0.05, 0) is 43.5 Å². The molecule has 0 heterocycles. The van der Waals surface area contributed by atoms with Gasteiger partial charge in [0.15, 0.2) is 0 Å². The number of nitro groups is 1. The Morgan fingerprint density at radius 1 is 1.15 bits per heavy atom. The molecular formula is C24H31N3O5S. The van der Waals surface area contributed by atoms with E-state index in [1.807, 2.05) is 38.1 Å². The van der Waals surface area contributed by atoms with Crippen molar-refractivity contribution in [3.8, 4) is 5.75 Å². The molecule has 0 aliphatic rings. The highest BCUT2D eigenvalue weighted by Crippen LogP contribution is 2.20. The van der Waals surface area contributed by atoms with Crippen molar-refractivity contribution in [2.24, 2.45) is 0 Å². The molecule has 178 valence electrons. The molecule has 0 aliphatic heterocycles. The van der Waals surface area contributed by atoms with Gasteiger partial charge in [-0.3, -0.25) is 19.7 Å². The summed E-state index contributed by atoms with van der Waals surface area (Å²) in [5.74, 6) is 1.05. The largest absolute Gasteiger partial charge is 0.497 e. The summed E-state index contributed by atoms with van der Waals surface area (Å²) in [7, 11) is 1.58. The number of methoxy groups -OCH3 is 1. The third-order valence-electron chi connectivity index (χ3n) is 5.30. The second-order valence-electron chi connectivity index (χ2n) is 7.78. The number of thioether (sulfide) groups is 1. The summed E-state index contributed by atoms with van der Waals surface area (Å²) in [5, 5.41) is 13.7. The van der Waals surface area contributed by atoms with Crippen LogP contribution in [0, 0.1) is 10.1 Å². The molecule has 9 heteroatoms. The number of hydrogen-bond donors (Lipinski definition) is 1. The van der Waals surface area contributed by atoms with E-state index in [0.717, 1.165) is 17.5 Å². The number of ether oxygens (including phenoxy) is 1. The lowest BCUT2D eigenvalue weighted by atomic mass is 10.1. The maximum absolute atomic E-state index is 13.1. The maximum Gasteiger partial charge on any atom is 0.269 e. The van der Waals surface area contributed by atoms with Crippen molar-refractivity contribution in [3.63, 3.8) is 0 Å². The van der Waals surface area contributed by atoms with Crippen LogP contribution in [0.2, 0.25) is 0 Å². The van der Waals surface area contributed by atoms with E-state index < -0.39 is 11.0 Å². The monoisotopic (exact) mass is 473 g/mol. The minimum Gasteiger partial charge on any atom is -0.497 e. The molecule has 8 nitrogen and oxygen atoms in total. The number of amides is 2. The Labute approximate surface area is 198 Å². The highest BCUT2D eigenvalue weighted by atomic mass is 32.2. The van der Waals surface area contributed by atoms with E-state index in [2.05, 4.69) is 5.32 Å². The Kier molecular flexibility index (Phi) is 10.2. The molecule has 2 aromatic carbocycles. The van der Waals surface area contributed by atoms with E-state index in [1.165, 1.54) is 23.9 Å². The average Bonchev–Trinajstić information content (AvgIpc) is 2.82. The van der Waals surface area contributed by atoms with Crippen LogP contribution in [-0.4, -0.2) is 46.6 Å². The SMILES string of the molecule is CC[C@@H](C)NC(=O)[C@H](C)N(Cc1cccc(OC)c1)C(=O)CSCc1ccc([N+](=O)[O-])cc1. The third kappa shape index (κ3) is 8.09. The van der Waals surface area contributed by atoms with E-state index in [4.69, 9.17) is 4.74 Å². The molecule has 0 radical (unpaired) electrons. The van der Waals surface area contributed by atoms with Gasteiger partial charge >= 0.3 is 0 Å². The molecule has 0 unspecified atom stereocenters. The Morgan fingerprint density at radius 3 is 2.45 bits per heavy atom. The highest BCUT2D eigenvalue weighted by molar-refractivity contribution is 7.99. The van der Waals surface area contributed by atoms with Crippen LogP contribution in [0.25, 0.3) is 0 Å². The van der Waals surface area contributed by atoms with Gasteiger partial charge in [-0.15, -0.1) is 11.8 Å². The van der Waals surface area contributed by atoms with Gasteiger partial charge in [-0.1, -0.05) is 31.2 Å². The fourth-order valence-electron chi connectivity index (χ4n) is 3.07. The zero-order chi connectivity index (χ0) is 24.4. The zero-order valence-corrected chi connectivity index (χ0v) is 20.3. The van der Waals surface area contributed by atoms with E-state index in [0.29, 0.717) is 11.5 Å². The van der Waals surface area contributed by atoms with Gasteiger partial charge in [0.25, 0.3) is 5.69 Å². The summed E-state index contributed by atoms with van der Waals surface area (Å²) < 4.78 is 5.28. The predicted octanol–water partition coefficient (Wildman–Crippen LogP) is 4.17. The number of nitrogens with one attached hydrogen (secondary N) is 1. The molecule has 2 rings (SSSR count). The fraction of sp³-hybridized carbons (Fsp3) is 0.417.